The van der Waals surface area contributed by atoms with E-state index < -0.39 is 14.6 Å². The summed E-state index contributed by atoms with van der Waals surface area (Å²) in [4.78, 5) is 0. The van der Waals surface area contributed by atoms with E-state index in [4.69, 9.17) is 15.4 Å². The number of methoxy groups -OCH3 is 1. The lowest BCUT2D eigenvalue weighted by atomic mass is 10.2. The Morgan fingerprint density at radius 2 is 2.00 bits per heavy atom. The molecule has 3 nitrogen and oxygen atoms in total. The molecule has 0 saturated carbocycles. The summed E-state index contributed by atoms with van der Waals surface area (Å²) in [5.74, 6) is 0.157. The van der Waals surface area contributed by atoms with Crippen LogP contribution >= 0.6 is 10.7 Å². The summed E-state index contributed by atoms with van der Waals surface area (Å²) in [6.45, 7) is 0. The predicted octanol–water partition coefficient (Wildman–Crippen LogP) is 2.23. The van der Waals surface area contributed by atoms with Gasteiger partial charge >= 0.3 is 0 Å². The van der Waals surface area contributed by atoms with Gasteiger partial charge in [0.25, 0.3) is 9.05 Å². The van der Waals surface area contributed by atoms with Crippen molar-refractivity contribution in [3.8, 4) is 5.75 Å². The number of halogens is 2. The average molecular weight is 239 g/mol. The molecule has 0 radical (unpaired) electrons. The van der Waals surface area contributed by atoms with Gasteiger partial charge in [0.2, 0.25) is 5.50 Å². The fourth-order valence-electron chi connectivity index (χ4n) is 1.01. The second-order valence-corrected chi connectivity index (χ2v) is 5.19. The number of hydrogen-bond donors (Lipinski definition) is 0. The van der Waals surface area contributed by atoms with Gasteiger partial charge in [-0.1, -0.05) is 18.2 Å². The van der Waals surface area contributed by atoms with Crippen molar-refractivity contribution in [3.63, 3.8) is 0 Å². The standard InChI is InChI=1S/C8H8ClFO3S/c1-13-7-5-3-2-4-6(7)8(10)14(9,11)12/h2-5,8H,1H3. The maximum Gasteiger partial charge on any atom is 0.269 e. The molecular weight excluding hydrogens is 231 g/mol. The Balaban J connectivity index is 3.19. The lowest BCUT2D eigenvalue weighted by Crippen LogP contribution is -2.03. The van der Waals surface area contributed by atoms with E-state index in [2.05, 4.69) is 0 Å². The zero-order valence-corrected chi connectivity index (χ0v) is 8.85. The minimum Gasteiger partial charge on any atom is -0.496 e. The summed E-state index contributed by atoms with van der Waals surface area (Å²) >= 11 is 0. The molecule has 0 heterocycles. The quantitative estimate of drug-likeness (QED) is 0.759. The summed E-state index contributed by atoms with van der Waals surface area (Å²) in [5.41, 5.74) is -2.36. The van der Waals surface area contributed by atoms with Crippen LogP contribution in [0.2, 0.25) is 0 Å². The molecule has 78 valence electrons. The van der Waals surface area contributed by atoms with E-state index in [-0.39, 0.29) is 11.3 Å². The van der Waals surface area contributed by atoms with Crippen LogP contribution in [0.15, 0.2) is 24.3 Å². The van der Waals surface area contributed by atoms with Crippen LogP contribution in [-0.4, -0.2) is 15.5 Å². The molecule has 0 aliphatic heterocycles. The van der Waals surface area contributed by atoms with Gasteiger partial charge in [0.1, 0.15) is 5.75 Å². The molecule has 0 fully saturated rings. The van der Waals surface area contributed by atoms with E-state index in [9.17, 15) is 12.8 Å². The molecule has 0 bridgehead atoms. The highest BCUT2D eigenvalue weighted by Crippen LogP contribution is 2.33. The molecule has 0 aliphatic carbocycles. The fraction of sp³-hybridized carbons (Fsp3) is 0.250. The second kappa shape index (κ2) is 4.14. The van der Waals surface area contributed by atoms with E-state index >= 15 is 0 Å². The molecule has 0 aliphatic rings. The third kappa shape index (κ3) is 2.36. The zero-order valence-electron chi connectivity index (χ0n) is 7.28. The Morgan fingerprint density at radius 1 is 1.43 bits per heavy atom. The van der Waals surface area contributed by atoms with Gasteiger partial charge in [-0.2, -0.15) is 0 Å². The fourth-order valence-corrected chi connectivity index (χ4v) is 1.79. The number of hydrogen-bond acceptors (Lipinski definition) is 3. The Morgan fingerprint density at radius 3 is 2.50 bits per heavy atom. The Hall–Kier alpha value is -0.810. The SMILES string of the molecule is COc1ccccc1C(F)S(=O)(=O)Cl. The maximum atomic E-state index is 13.3. The van der Waals surface area contributed by atoms with Crippen molar-refractivity contribution in [3.05, 3.63) is 29.8 Å². The number of rotatable bonds is 3. The van der Waals surface area contributed by atoms with Crippen molar-refractivity contribution in [2.24, 2.45) is 0 Å². The summed E-state index contributed by atoms with van der Waals surface area (Å²) in [7, 11) is 1.95. The molecule has 14 heavy (non-hydrogen) atoms. The monoisotopic (exact) mass is 238 g/mol. The third-order valence-corrected chi connectivity index (χ3v) is 2.85. The number of alkyl halides is 1. The van der Waals surface area contributed by atoms with E-state index in [1.165, 1.54) is 25.3 Å². The van der Waals surface area contributed by atoms with Crippen LogP contribution in [0.1, 0.15) is 11.1 Å². The van der Waals surface area contributed by atoms with E-state index in [0.29, 0.717) is 0 Å². The van der Waals surface area contributed by atoms with Crippen LogP contribution in [0.3, 0.4) is 0 Å². The molecular formula is C8H8ClFO3S. The van der Waals surface area contributed by atoms with Crippen LogP contribution in [0.4, 0.5) is 4.39 Å². The molecule has 0 N–H and O–H groups in total. The van der Waals surface area contributed by atoms with Crippen LogP contribution in [-0.2, 0) is 9.05 Å². The van der Waals surface area contributed by atoms with Gasteiger partial charge in [-0.05, 0) is 6.07 Å². The third-order valence-electron chi connectivity index (χ3n) is 1.63. The van der Waals surface area contributed by atoms with Crippen LogP contribution in [0.25, 0.3) is 0 Å². The number of ether oxygens (including phenoxy) is 1. The maximum absolute atomic E-state index is 13.3. The minimum absolute atomic E-state index is 0.0926. The number of para-hydroxylation sites is 1. The van der Waals surface area contributed by atoms with Crippen molar-refractivity contribution in [1.29, 1.82) is 0 Å². The lowest BCUT2D eigenvalue weighted by molar-refractivity contribution is 0.383. The topological polar surface area (TPSA) is 43.4 Å². The van der Waals surface area contributed by atoms with Gasteiger partial charge in [0.05, 0.1) is 7.11 Å². The van der Waals surface area contributed by atoms with Crippen molar-refractivity contribution in [2.75, 3.05) is 7.11 Å². The zero-order chi connectivity index (χ0) is 10.8. The molecule has 6 heteroatoms. The molecule has 1 aromatic carbocycles. The predicted molar refractivity (Wildman–Crippen MR) is 51.6 cm³/mol. The summed E-state index contributed by atoms with van der Waals surface area (Å²) in [6.07, 6.45) is 0. The summed E-state index contributed by atoms with van der Waals surface area (Å²) in [5, 5.41) is 0. The van der Waals surface area contributed by atoms with Crippen LogP contribution in [0.5, 0.6) is 5.75 Å². The highest BCUT2D eigenvalue weighted by molar-refractivity contribution is 8.13. The smallest absolute Gasteiger partial charge is 0.269 e. The minimum atomic E-state index is -4.26. The Kier molecular flexibility index (Phi) is 3.34. The summed E-state index contributed by atoms with van der Waals surface area (Å²) in [6, 6.07) is 5.88. The van der Waals surface area contributed by atoms with Gasteiger partial charge in [0.15, 0.2) is 0 Å². The first-order chi connectivity index (χ1) is 6.46. The van der Waals surface area contributed by atoms with Gasteiger partial charge in [-0.25, -0.2) is 12.8 Å². The first-order valence-corrected chi connectivity index (χ1v) is 6.04. The molecule has 1 rings (SSSR count). The van der Waals surface area contributed by atoms with Crippen molar-refractivity contribution in [1.82, 2.24) is 0 Å². The highest BCUT2D eigenvalue weighted by Gasteiger charge is 2.27. The Bertz CT molecular complexity index is 418. The van der Waals surface area contributed by atoms with Crippen molar-refractivity contribution >= 4 is 19.7 Å². The van der Waals surface area contributed by atoms with Crippen molar-refractivity contribution < 1.29 is 17.5 Å². The molecule has 1 aromatic rings. The van der Waals surface area contributed by atoms with Gasteiger partial charge < -0.3 is 4.74 Å². The molecule has 1 unspecified atom stereocenters. The van der Waals surface area contributed by atoms with E-state index in [0.717, 1.165) is 0 Å². The normalized spacial score (nSPS) is 13.6. The molecule has 0 aromatic heterocycles. The molecule has 1 atom stereocenters. The van der Waals surface area contributed by atoms with Crippen LogP contribution < -0.4 is 4.74 Å². The Labute approximate surface area is 85.9 Å². The number of benzene rings is 1. The van der Waals surface area contributed by atoms with Crippen LogP contribution in [0, 0.1) is 0 Å². The lowest BCUT2D eigenvalue weighted by Gasteiger charge is -2.09. The first-order valence-electron chi connectivity index (χ1n) is 3.67. The van der Waals surface area contributed by atoms with Gasteiger partial charge in [-0.3, -0.25) is 0 Å². The largest absolute Gasteiger partial charge is 0.496 e. The summed E-state index contributed by atoms with van der Waals surface area (Å²) < 4.78 is 39.6. The van der Waals surface area contributed by atoms with Gasteiger partial charge in [0, 0.05) is 16.2 Å². The highest BCUT2D eigenvalue weighted by atomic mass is 35.7. The molecule has 0 spiro atoms. The van der Waals surface area contributed by atoms with E-state index in [1.807, 2.05) is 0 Å². The van der Waals surface area contributed by atoms with Gasteiger partial charge in [-0.15, -0.1) is 0 Å². The average Bonchev–Trinajstić information content (AvgIpc) is 2.15. The first kappa shape index (κ1) is 11.3. The molecule has 0 amide bonds. The second-order valence-electron chi connectivity index (χ2n) is 2.53. The van der Waals surface area contributed by atoms with E-state index in [1.54, 1.807) is 6.07 Å². The molecule has 0 saturated heterocycles. The van der Waals surface area contributed by atoms with Crippen molar-refractivity contribution in [2.45, 2.75) is 5.50 Å².